The zero-order chi connectivity index (χ0) is 15.2. The Kier molecular flexibility index (Phi) is 5.18. The number of carbonyl (C=O) groups excluding carboxylic acids is 1. The molecule has 0 heterocycles. The van der Waals surface area contributed by atoms with Gasteiger partial charge >= 0.3 is 0 Å². The number of allylic oxidation sites excluding steroid dienone is 1. The molecule has 2 aromatic carbocycles. The molecule has 0 saturated carbocycles. The van der Waals surface area contributed by atoms with Crippen LogP contribution in [0.5, 0.6) is 5.75 Å². The van der Waals surface area contributed by atoms with Gasteiger partial charge in [0.15, 0.2) is 5.78 Å². The fraction of sp³-hybridized carbons (Fsp3) is 0.167. The Bertz CT molecular complexity index is 625. The average Bonchev–Trinajstić information content (AvgIpc) is 2.46. The van der Waals surface area contributed by atoms with Gasteiger partial charge in [-0.2, -0.15) is 0 Å². The minimum absolute atomic E-state index is 0.0471. The predicted octanol–water partition coefficient (Wildman–Crippen LogP) is 5.02. The minimum atomic E-state index is -0.0471. The molecule has 108 valence electrons. The van der Waals surface area contributed by atoms with E-state index in [0.29, 0.717) is 10.6 Å². The smallest absolute Gasteiger partial charge is 0.185 e. The largest absolute Gasteiger partial charge is 0.491 e. The van der Waals surface area contributed by atoms with Crippen molar-refractivity contribution in [3.05, 3.63) is 70.8 Å². The monoisotopic (exact) mass is 300 g/mol. The summed E-state index contributed by atoms with van der Waals surface area (Å²) in [4.78, 5) is 12.0. The number of hydrogen-bond donors (Lipinski definition) is 0. The van der Waals surface area contributed by atoms with E-state index < -0.39 is 0 Å². The lowest BCUT2D eigenvalue weighted by molar-refractivity contribution is 0.104. The second-order valence-corrected chi connectivity index (χ2v) is 5.38. The fourth-order valence-corrected chi connectivity index (χ4v) is 1.94. The second-order valence-electron chi connectivity index (χ2n) is 4.94. The van der Waals surface area contributed by atoms with Crippen LogP contribution in [0.15, 0.2) is 54.6 Å². The van der Waals surface area contributed by atoms with Crippen molar-refractivity contribution in [3.63, 3.8) is 0 Å². The van der Waals surface area contributed by atoms with Gasteiger partial charge in [-0.25, -0.2) is 0 Å². The highest BCUT2D eigenvalue weighted by atomic mass is 35.5. The van der Waals surface area contributed by atoms with Crippen LogP contribution >= 0.6 is 11.6 Å². The van der Waals surface area contributed by atoms with E-state index >= 15 is 0 Å². The van der Waals surface area contributed by atoms with Gasteiger partial charge in [0.05, 0.1) is 6.10 Å². The number of carbonyl (C=O) groups is 1. The Balaban J connectivity index is 2.03. The zero-order valence-electron chi connectivity index (χ0n) is 12.0. The topological polar surface area (TPSA) is 26.3 Å². The van der Waals surface area contributed by atoms with Crippen LogP contribution in [-0.2, 0) is 0 Å². The van der Waals surface area contributed by atoms with Crippen molar-refractivity contribution >= 4 is 23.5 Å². The third-order valence-corrected chi connectivity index (χ3v) is 3.06. The van der Waals surface area contributed by atoms with Gasteiger partial charge in [-0.05, 0) is 61.9 Å². The van der Waals surface area contributed by atoms with Crippen molar-refractivity contribution in [2.24, 2.45) is 0 Å². The lowest BCUT2D eigenvalue weighted by Crippen LogP contribution is -2.05. The first-order chi connectivity index (χ1) is 10.0. The van der Waals surface area contributed by atoms with Gasteiger partial charge < -0.3 is 4.74 Å². The number of benzene rings is 2. The molecule has 0 N–H and O–H groups in total. The number of ether oxygens (including phenoxy) is 1. The molecule has 3 heteroatoms. The van der Waals surface area contributed by atoms with Crippen LogP contribution < -0.4 is 4.74 Å². The lowest BCUT2D eigenvalue weighted by atomic mass is 10.1. The van der Waals surface area contributed by atoms with Gasteiger partial charge in [0.1, 0.15) is 5.75 Å². The van der Waals surface area contributed by atoms with Gasteiger partial charge in [-0.1, -0.05) is 29.8 Å². The Morgan fingerprint density at radius 1 is 1.05 bits per heavy atom. The molecule has 2 nitrogen and oxygen atoms in total. The number of halogens is 1. The summed E-state index contributed by atoms with van der Waals surface area (Å²) in [6, 6.07) is 14.5. The first-order valence-electron chi connectivity index (χ1n) is 6.79. The summed E-state index contributed by atoms with van der Waals surface area (Å²) < 4.78 is 5.57. The van der Waals surface area contributed by atoms with Crippen LogP contribution in [0.25, 0.3) is 6.08 Å². The molecule has 0 aliphatic carbocycles. The Morgan fingerprint density at radius 2 is 1.67 bits per heavy atom. The fourth-order valence-electron chi connectivity index (χ4n) is 1.81. The van der Waals surface area contributed by atoms with Crippen molar-refractivity contribution in [1.29, 1.82) is 0 Å². The van der Waals surface area contributed by atoms with Crippen molar-refractivity contribution in [3.8, 4) is 5.75 Å². The van der Waals surface area contributed by atoms with Crippen molar-refractivity contribution in [1.82, 2.24) is 0 Å². The van der Waals surface area contributed by atoms with Gasteiger partial charge in [0.2, 0.25) is 0 Å². The average molecular weight is 301 g/mol. The van der Waals surface area contributed by atoms with Crippen LogP contribution in [0.1, 0.15) is 29.8 Å². The summed E-state index contributed by atoms with van der Waals surface area (Å²) in [6.07, 6.45) is 3.50. The molecule has 0 aliphatic rings. The molecule has 21 heavy (non-hydrogen) atoms. The number of rotatable bonds is 5. The number of hydrogen-bond acceptors (Lipinski definition) is 2. The molecule has 0 fully saturated rings. The maximum Gasteiger partial charge on any atom is 0.185 e. The van der Waals surface area contributed by atoms with E-state index in [1.807, 2.05) is 38.1 Å². The Hall–Kier alpha value is -2.06. The Labute approximate surface area is 130 Å². The van der Waals surface area contributed by atoms with E-state index in [4.69, 9.17) is 16.3 Å². The summed E-state index contributed by atoms with van der Waals surface area (Å²) in [6.45, 7) is 3.97. The highest BCUT2D eigenvalue weighted by Crippen LogP contribution is 2.15. The van der Waals surface area contributed by atoms with E-state index in [9.17, 15) is 4.79 Å². The van der Waals surface area contributed by atoms with Crippen molar-refractivity contribution in [2.45, 2.75) is 20.0 Å². The highest BCUT2D eigenvalue weighted by molar-refractivity contribution is 6.30. The van der Waals surface area contributed by atoms with Gasteiger partial charge in [0, 0.05) is 10.6 Å². The molecule has 0 spiro atoms. The maximum atomic E-state index is 12.0. The van der Waals surface area contributed by atoms with E-state index in [1.54, 1.807) is 36.4 Å². The molecule has 0 unspecified atom stereocenters. The summed E-state index contributed by atoms with van der Waals surface area (Å²) >= 11 is 5.80. The quantitative estimate of drug-likeness (QED) is 0.572. The molecule has 0 saturated heterocycles. The summed E-state index contributed by atoms with van der Waals surface area (Å²) in [5.74, 6) is 0.778. The first-order valence-corrected chi connectivity index (χ1v) is 7.17. The third-order valence-electron chi connectivity index (χ3n) is 2.81. The molecular weight excluding hydrogens is 284 g/mol. The molecule has 2 rings (SSSR count). The van der Waals surface area contributed by atoms with Crippen LogP contribution in [0.2, 0.25) is 5.02 Å². The standard InChI is InChI=1S/C18H17ClO2/c1-13(2)21-17-10-3-14(4-11-17)5-12-18(20)15-6-8-16(19)9-7-15/h3-13H,1-2H3. The van der Waals surface area contributed by atoms with Gasteiger partial charge in [-0.3, -0.25) is 4.79 Å². The first kappa shape index (κ1) is 15.3. The lowest BCUT2D eigenvalue weighted by Gasteiger charge is -2.09. The van der Waals surface area contributed by atoms with Gasteiger partial charge in [0.25, 0.3) is 0 Å². The van der Waals surface area contributed by atoms with Crippen LogP contribution in [0.4, 0.5) is 0 Å². The predicted molar refractivity (Wildman–Crippen MR) is 87.0 cm³/mol. The molecular formula is C18H17ClO2. The van der Waals surface area contributed by atoms with E-state index in [1.165, 1.54) is 0 Å². The maximum absolute atomic E-state index is 12.0. The van der Waals surface area contributed by atoms with E-state index in [-0.39, 0.29) is 11.9 Å². The Morgan fingerprint density at radius 3 is 2.24 bits per heavy atom. The SMILES string of the molecule is CC(C)Oc1ccc(C=CC(=O)c2ccc(Cl)cc2)cc1. The van der Waals surface area contributed by atoms with Crippen LogP contribution in [0, 0.1) is 0 Å². The second kappa shape index (κ2) is 7.09. The van der Waals surface area contributed by atoms with Crippen molar-refractivity contribution < 1.29 is 9.53 Å². The molecule has 0 amide bonds. The normalized spacial score (nSPS) is 11.0. The number of ketones is 1. The molecule has 2 aromatic rings. The van der Waals surface area contributed by atoms with Crippen molar-refractivity contribution in [2.75, 3.05) is 0 Å². The third kappa shape index (κ3) is 4.76. The highest BCUT2D eigenvalue weighted by Gasteiger charge is 2.01. The molecule has 0 bridgehead atoms. The molecule has 0 radical (unpaired) electrons. The molecule has 0 atom stereocenters. The molecule has 0 aromatic heterocycles. The zero-order valence-corrected chi connectivity index (χ0v) is 12.8. The molecule has 0 aliphatic heterocycles. The summed E-state index contributed by atoms with van der Waals surface area (Å²) in [7, 11) is 0. The van der Waals surface area contributed by atoms with E-state index in [2.05, 4.69) is 0 Å². The summed E-state index contributed by atoms with van der Waals surface area (Å²) in [5, 5.41) is 0.622. The minimum Gasteiger partial charge on any atom is -0.491 e. The van der Waals surface area contributed by atoms with Crippen LogP contribution in [0.3, 0.4) is 0 Å². The summed E-state index contributed by atoms with van der Waals surface area (Å²) in [5.41, 5.74) is 1.57. The van der Waals surface area contributed by atoms with Crippen LogP contribution in [-0.4, -0.2) is 11.9 Å². The van der Waals surface area contributed by atoms with Gasteiger partial charge in [-0.15, -0.1) is 0 Å². The van der Waals surface area contributed by atoms with E-state index in [0.717, 1.165) is 11.3 Å².